The molecule has 1 saturated heterocycles. The maximum absolute atomic E-state index is 13.1. The van der Waals surface area contributed by atoms with Gasteiger partial charge in [0.2, 0.25) is 5.88 Å². The van der Waals surface area contributed by atoms with Crippen LogP contribution in [0, 0.1) is 6.92 Å². The number of aromatic nitrogens is 3. The molecule has 1 fully saturated rings. The normalized spacial score (nSPS) is 13.7. The fourth-order valence-electron chi connectivity index (χ4n) is 4.15. The van der Waals surface area contributed by atoms with E-state index in [2.05, 4.69) is 25.5 Å². The first kappa shape index (κ1) is 22.9. The van der Waals surface area contributed by atoms with Crippen LogP contribution in [0.4, 0.5) is 11.4 Å². The summed E-state index contributed by atoms with van der Waals surface area (Å²) in [5.74, 6) is 0.739. The summed E-state index contributed by atoms with van der Waals surface area (Å²) in [6.45, 7) is 5.41. The highest BCUT2D eigenvalue weighted by molar-refractivity contribution is 7.12. The Morgan fingerprint density at radius 1 is 1.17 bits per heavy atom. The SMILES string of the molecule is COc1cc2cn(-c3nc(C(=O)Nc4cnc(C)cc4N4CCNCC4)cs3)c(O)c2cc1OC. The predicted octanol–water partition coefficient (Wildman–Crippen LogP) is 3.18. The maximum atomic E-state index is 13.1. The average Bonchev–Trinajstić information content (AvgIpc) is 3.49. The van der Waals surface area contributed by atoms with Crippen LogP contribution in [-0.4, -0.2) is 65.9 Å². The highest BCUT2D eigenvalue weighted by Crippen LogP contribution is 2.38. The summed E-state index contributed by atoms with van der Waals surface area (Å²) >= 11 is 1.26. The van der Waals surface area contributed by atoms with Crippen molar-refractivity contribution in [2.75, 3.05) is 50.6 Å². The number of ether oxygens (including phenoxy) is 2. The molecule has 4 aromatic rings. The van der Waals surface area contributed by atoms with Gasteiger partial charge in [0.05, 0.1) is 31.8 Å². The molecule has 3 N–H and O–H groups in total. The van der Waals surface area contributed by atoms with Crippen molar-refractivity contribution >= 4 is 39.4 Å². The van der Waals surface area contributed by atoms with Crippen LogP contribution in [0.2, 0.25) is 0 Å². The zero-order chi connectivity index (χ0) is 24.5. The summed E-state index contributed by atoms with van der Waals surface area (Å²) < 4.78 is 12.2. The molecule has 4 heterocycles. The van der Waals surface area contributed by atoms with E-state index < -0.39 is 0 Å². The zero-order valence-corrected chi connectivity index (χ0v) is 20.5. The van der Waals surface area contributed by atoms with Gasteiger partial charge in [0.15, 0.2) is 16.6 Å². The number of carbonyl (C=O) groups is 1. The second-order valence-corrected chi connectivity index (χ2v) is 9.00. The number of rotatable bonds is 6. The lowest BCUT2D eigenvalue weighted by atomic mass is 10.2. The van der Waals surface area contributed by atoms with E-state index in [-0.39, 0.29) is 17.5 Å². The number of fused-ring (bicyclic) bond motifs is 1. The van der Waals surface area contributed by atoms with Crippen LogP contribution in [0.15, 0.2) is 36.0 Å². The van der Waals surface area contributed by atoms with Gasteiger partial charge in [-0.2, -0.15) is 0 Å². The summed E-state index contributed by atoms with van der Waals surface area (Å²) in [5, 5.41) is 20.6. The molecule has 0 unspecified atom stereocenters. The van der Waals surface area contributed by atoms with Gasteiger partial charge in [-0.1, -0.05) is 0 Å². The molecule has 3 aromatic heterocycles. The van der Waals surface area contributed by atoms with E-state index in [1.54, 1.807) is 48.7 Å². The minimum absolute atomic E-state index is 0.00555. The molecule has 0 radical (unpaired) electrons. The minimum atomic E-state index is -0.339. The zero-order valence-electron chi connectivity index (χ0n) is 19.7. The fraction of sp³-hybridized carbons (Fsp3) is 0.292. The van der Waals surface area contributed by atoms with Crippen LogP contribution >= 0.6 is 11.3 Å². The Balaban J connectivity index is 1.42. The maximum Gasteiger partial charge on any atom is 0.275 e. The van der Waals surface area contributed by atoms with Gasteiger partial charge < -0.3 is 30.1 Å². The molecular formula is C24H26N6O4S. The van der Waals surface area contributed by atoms with E-state index in [0.717, 1.165) is 42.9 Å². The topological polar surface area (TPSA) is 114 Å². The Labute approximate surface area is 206 Å². The van der Waals surface area contributed by atoms with Gasteiger partial charge >= 0.3 is 0 Å². The number of nitrogens with zero attached hydrogens (tertiary/aromatic N) is 4. The molecule has 0 atom stereocenters. The first-order chi connectivity index (χ1) is 17.0. The molecule has 1 aliphatic rings. The highest BCUT2D eigenvalue weighted by atomic mass is 32.1. The molecule has 1 aromatic carbocycles. The lowest BCUT2D eigenvalue weighted by Gasteiger charge is -2.31. The second-order valence-electron chi connectivity index (χ2n) is 8.17. The number of anilines is 2. The van der Waals surface area contributed by atoms with Crippen LogP contribution in [0.5, 0.6) is 17.4 Å². The summed E-state index contributed by atoms with van der Waals surface area (Å²) in [6.07, 6.45) is 3.43. The third-order valence-corrected chi connectivity index (χ3v) is 6.79. The number of nitrogens with one attached hydrogen (secondary N) is 2. The van der Waals surface area contributed by atoms with Crippen LogP contribution in [0.25, 0.3) is 15.9 Å². The summed E-state index contributed by atoms with van der Waals surface area (Å²) in [4.78, 5) is 24.2. The molecule has 10 nitrogen and oxygen atoms in total. The first-order valence-corrected chi connectivity index (χ1v) is 12.0. The van der Waals surface area contributed by atoms with Crippen LogP contribution < -0.4 is 25.0 Å². The largest absolute Gasteiger partial charge is 0.494 e. The highest BCUT2D eigenvalue weighted by Gasteiger charge is 2.20. The van der Waals surface area contributed by atoms with E-state index in [4.69, 9.17) is 9.47 Å². The van der Waals surface area contributed by atoms with Crippen LogP contribution in [0.1, 0.15) is 16.2 Å². The lowest BCUT2D eigenvalue weighted by Crippen LogP contribution is -2.43. The van der Waals surface area contributed by atoms with Crippen molar-refractivity contribution in [3.05, 3.63) is 47.4 Å². The molecular weight excluding hydrogens is 468 g/mol. The van der Waals surface area contributed by atoms with Crippen LogP contribution in [-0.2, 0) is 0 Å². The molecule has 0 aliphatic carbocycles. The van der Waals surface area contributed by atoms with Gasteiger partial charge in [0, 0.05) is 54.2 Å². The average molecular weight is 495 g/mol. The van der Waals surface area contributed by atoms with Crippen molar-refractivity contribution in [3.63, 3.8) is 0 Å². The molecule has 11 heteroatoms. The van der Waals surface area contributed by atoms with E-state index in [0.29, 0.717) is 27.7 Å². The monoisotopic (exact) mass is 494 g/mol. The van der Waals surface area contributed by atoms with E-state index in [9.17, 15) is 9.90 Å². The Morgan fingerprint density at radius 2 is 1.91 bits per heavy atom. The molecule has 0 bridgehead atoms. The molecule has 0 saturated carbocycles. The number of carbonyl (C=O) groups excluding carboxylic acids is 1. The Morgan fingerprint density at radius 3 is 2.66 bits per heavy atom. The summed E-state index contributed by atoms with van der Waals surface area (Å²) in [6, 6.07) is 5.48. The number of hydrogen-bond donors (Lipinski definition) is 3. The number of methoxy groups -OCH3 is 2. The molecule has 1 aliphatic heterocycles. The van der Waals surface area contributed by atoms with Crippen molar-refractivity contribution in [1.82, 2.24) is 19.9 Å². The molecule has 0 spiro atoms. The smallest absolute Gasteiger partial charge is 0.275 e. The van der Waals surface area contributed by atoms with E-state index in [1.165, 1.54) is 11.3 Å². The Bertz CT molecular complexity index is 1390. The number of pyridine rings is 1. The first-order valence-electron chi connectivity index (χ1n) is 11.1. The van der Waals surface area contributed by atoms with Gasteiger partial charge in [0.25, 0.3) is 5.91 Å². The fourth-order valence-corrected chi connectivity index (χ4v) is 4.93. The third-order valence-electron chi connectivity index (χ3n) is 5.95. The number of thiazole rings is 1. The number of benzene rings is 1. The van der Waals surface area contributed by atoms with E-state index in [1.807, 2.05) is 13.0 Å². The molecule has 5 rings (SSSR count). The van der Waals surface area contributed by atoms with Crippen molar-refractivity contribution in [2.24, 2.45) is 0 Å². The molecule has 35 heavy (non-hydrogen) atoms. The van der Waals surface area contributed by atoms with Crippen molar-refractivity contribution in [2.45, 2.75) is 6.92 Å². The third kappa shape index (κ3) is 4.35. The van der Waals surface area contributed by atoms with Gasteiger partial charge in [-0.05, 0) is 25.1 Å². The van der Waals surface area contributed by atoms with Crippen molar-refractivity contribution in [1.29, 1.82) is 0 Å². The number of piperazine rings is 1. The van der Waals surface area contributed by atoms with Gasteiger partial charge in [-0.25, -0.2) is 4.98 Å². The van der Waals surface area contributed by atoms with E-state index >= 15 is 0 Å². The Hall–Kier alpha value is -3.83. The summed E-state index contributed by atoms with van der Waals surface area (Å²) in [7, 11) is 3.10. The summed E-state index contributed by atoms with van der Waals surface area (Å²) in [5.41, 5.74) is 2.73. The quantitative estimate of drug-likeness (QED) is 0.375. The Kier molecular flexibility index (Phi) is 6.18. The molecule has 1 amide bonds. The van der Waals surface area contributed by atoms with Gasteiger partial charge in [-0.15, -0.1) is 11.3 Å². The minimum Gasteiger partial charge on any atom is -0.494 e. The lowest BCUT2D eigenvalue weighted by molar-refractivity contribution is 0.102. The van der Waals surface area contributed by atoms with Gasteiger partial charge in [-0.3, -0.25) is 14.3 Å². The standard InChI is InChI=1S/C24H26N6O4S/c1-14-8-19(29-6-4-25-5-7-29)17(11-26-14)27-22(31)18-13-35-24(28-18)30-12-15-9-20(33-2)21(34-3)10-16(15)23(30)32/h8-13,25,32H,4-7H2,1-3H3,(H,27,31). The second kappa shape index (κ2) is 9.43. The van der Waals surface area contributed by atoms with Crippen LogP contribution in [0.3, 0.4) is 0 Å². The number of amides is 1. The number of aromatic hydroxyl groups is 1. The van der Waals surface area contributed by atoms with Crippen molar-refractivity contribution < 1.29 is 19.4 Å². The van der Waals surface area contributed by atoms with Gasteiger partial charge in [0.1, 0.15) is 5.69 Å². The van der Waals surface area contributed by atoms with Crippen molar-refractivity contribution in [3.8, 4) is 22.5 Å². The predicted molar refractivity (Wildman–Crippen MR) is 136 cm³/mol. The number of aryl methyl sites for hydroxylation is 1. The molecule has 182 valence electrons. The number of hydrogen-bond acceptors (Lipinski definition) is 9.